The molecule has 0 N–H and O–H groups in total. The van der Waals surface area contributed by atoms with Crippen molar-refractivity contribution in [3.05, 3.63) is 48.0 Å². The lowest BCUT2D eigenvalue weighted by Gasteiger charge is -2.10. The summed E-state index contributed by atoms with van der Waals surface area (Å²) in [6, 6.07) is 4.63. The average Bonchev–Trinajstić information content (AvgIpc) is 3.20. The maximum absolute atomic E-state index is 11.8. The van der Waals surface area contributed by atoms with Crippen LogP contribution in [0.5, 0.6) is 5.75 Å². The van der Waals surface area contributed by atoms with Gasteiger partial charge >= 0.3 is 11.9 Å². The first-order valence-corrected chi connectivity index (χ1v) is 11.0. The predicted molar refractivity (Wildman–Crippen MR) is 117 cm³/mol. The Bertz CT molecular complexity index is 797. The number of imidazole rings is 1. The van der Waals surface area contributed by atoms with Crippen LogP contribution < -0.4 is 9.30 Å². The predicted octanol–water partition coefficient (Wildman–Crippen LogP) is 4.09. The third-order valence-corrected chi connectivity index (χ3v) is 5.15. The van der Waals surface area contributed by atoms with Crippen molar-refractivity contribution in [2.75, 3.05) is 20.8 Å². The second-order valence-corrected chi connectivity index (χ2v) is 7.72. The van der Waals surface area contributed by atoms with E-state index in [4.69, 9.17) is 14.2 Å². The number of rotatable bonds is 14. The molecule has 0 saturated carbocycles. The summed E-state index contributed by atoms with van der Waals surface area (Å²) < 4.78 is 19.5. The number of unbranched alkanes of at least 4 members (excludes halogenated alkanes) is 7. The lowest BCUT2D eigenvalue weighted by molar-refractivity contribution is -0.671. The molecular weight excluding hydrogens is 396 g/mol. The largest absolute Gasteiger partial charge is 0.494 e. The normalized spacial score (nSPS) is 10.7. The summed E-state index contributed by atoms with van der Waals surface area (Å²) in [4.78, 5) is 23.6. The number of hydrogen-bond acceptors (Lipinski definition) is 5. The van der Waals surface area contributed by atoms with Crippen LogP contribution in [0.25, 0.3) is 0 Å². The Morgan fingerprint density at radius 1 is 0.839 bits per heavy atom. The SMILES string of the molecule is COC(=O)c1cc(OCCCCCCCCCCn2cc[n+](C)c2)cc(C(=O)OC)c1. The average molecular weight is 432 g/mol. The highest BCUT2D eigenvalue weighted by Crippen LogP contribution is 2.20. The topological polar surface area (TPSA) is 70.6 Å². The van der Waals surface area contributed by atoms with E-state index in [1.165, 1.54) is 58.8 Å². The summed E-state index contributed by atoms with van der Waals surface area (Å²) in [6.07, 6.45) is 15.8. The van der Waals surface area contributed by atoms with Gasteiger partial charge in [0.15, 0.2) is 0 Å². The Labute approximate surface area is 184 Å². The number of esters is 2. The van der Waals surface area contributed by atoms with Crippen LogP contribution >= 0.6 is 0 Å². The van der Waals surface area contributed by atoms with Crippen LogP contribution in [-0.2, 0) is 23.1 Å². The molecule has 0 saturated heterocycles. The first kappa shape index (κ1) is 24.4. The Balaban J connectivity index is 1.58. The minimum Gasteiger partial charge on any atom is -0.494 e. The molecule has 0 atom stereocenters. The highest BCUT2D eigenvalue weighted by Gasteiger charge is 2.14. The Kier molecular flexibility index (Phi) is 10.6. The zero-order chi connectivity index (χ0) is 22.5. The van der Waals surface area contributed by atoms with Gasteiger partial charge in [-0.05, 0) is 37.5 Å². The van der Waals surface area contributed by atoms with Gasteiger partial charge in [0.1, 0.15) is 18.1 Å². The molecule has 0 aliphatic rings. The van der Waals surface area contributed by atoms with Crippen molar-refractivity contribution in [2.45, 2.75) is 57.9 Å². The van der Waals surface area contributed by atoms with Crippen molar-refractivity contribution in [3.8, 4) is 5.75 Å². The van der Waals surface area contributed by atoms with Gasteiger partial charge in [0.05, 0.1) is 45.5 Å². The second-order valence-electron chi connectivity index (χ2n) is 7.72. The molecule has 0 spiro atoms. The molecule has 0 aliphatic heterocycles. The van der Waals surface area contributed by atoms with Crippen molar-refractivity contribution < 1.29 is 28.4 Å². The summed E-state index contributed by atoms with van der Waals surface area (Å²) in [5.74, 6) is -0.560. The molecule has 0 aliphatic carbocycles. The van der Waals surface area contributed by atoms with Crippen LogP contribution in [0.15, 0.2) is 36.9 Å². The summed E-state index contributed by atoms with van der Waals surface area (Å²) in [5, 5.41) is 0. The molecule has 2 aromatic rings. The van der Waals surface area contributed by atoms with Gasteiger partial charge in [-0.15, -0.1) is 0 Å². The quantitative estimate of drug-likeness (QED) is 0.256. The standard InChI is InChI=1S/C24H35N2O5/c1-25-13-14-26(19-25)12-10-8-6-4-5-7-9-11-15-31-22-17-20(23(27)29-2)16-21(18-22)24(28)30-3/h13-14,16-19H,4-12,15H2,1-3H3/q+1. The maximum Gasteiger partial charge on any atom is 0.338 e. The van der Waals surface area contributed by atoms with E-state index in [1.54, 1.807) is 12.1 Å². The fourth-order valence-corrected chi connectivity index (χ4v) is 3.43. The minimum absolute atomic E-state index is 0.270. The summed E-state index contributed by atoms with van der Waals surface area (Å²) in [7, 11) is 4.65. The smallest absolute Gasteiger partial charge is 0.338 e. The number of carbonyl (C=O) groups excluding carboxylic acids is 2. The van der Waals surface area contributed by atoms with Crippen molar-refractivity contribution in [2.24, 2.45) is 7.05 Å². The Hall–Kier alpha value is -2.83. The number of benzene rings is 1. The number of nitrogens with zero attached hydrogens (tertiary/aromatic N) is 2. The number of hydrogen-bond donors (Lipinski definition) is 0. The van der Waals surface area contributed by atoms with Crippen LogP contribution in [-0.4, -0.2) is 37.3 Å². The van der Waals surface area contributed by atoms with E-state index in [1.807, 2.05) is 7.05 Å². The van der Waals surface area contributed by atoms with E-state index in [0.717, 1.165) is 19.4 Å². The van der Waals surface area contributed by atoms with Gasteiger partial charge in [0, 0.05) is 0 Å². The summed E-state index contributed by atoms with van der Waals surface area (Å²) in [5.41, 5.74) is 0.539. The van der Waals surface area contributed by atoms with E-state index in [2.05, 4.69) is 27.9 Å². The second kappa shape index (κ2) is 13.5. The van der Waals surface area contributed by atoms with Crippen molar-refractivity contribution >= 4 is 11.9 Å². The van der Waals surface area contributed by atoms with E-state index in [-0.39, 0.29) is 11.1 Å². The molecular formula is C24H35N2O5+. The van der Waals surface area contributed by atoms with Crippen molar-refractivity contribution in [3.63, 3.8) is 0 Å². The minimum atomic E-state index is -0.516. The van der Waals surface area contributed by atoms with Gasteiger partial charge < -0.3 is 14.2 Å². The van der Waals surface area contributed by atoms with Crippen molar-refractivity contribution in [1.29, 1.82) is 0 Å². The molecule has 31 heavy (non-hydrogen) atoms. The molecule has 1 aromatic carbocycles. The Morgan fingerprint density at radius 3 is 1.90 bits per heavy atom. The van der Waals surface area contributed by atoms with E-state index >= 15 is 0 Å². The van der Waals surface area contributed by atoms with Crippen LogP contribution in [0.4, 0.5) is 0 Å². The molecule has 1 heterocycles. The van der Waals surface area contributed by atoms with Crippen LogP contribution in [0.1, 0.15) is 72.1 Å². The van der Waals surface area contributed by atoms with E-state index < -0.39 is 11.9 Å². The molecule has 0 bridgehead atoms. The Morgan fingerprint density at radius 2 is 1.39 bits per heavy atom. The number of carbonyl (C=O) groups is 2. The van der Waals surface area contributed by atoms with Gasteiger partial charge in [-0.1, -0.05) is 32.1 Å². The van der Waals surface area contributed by atoms with Gasteiger partial charge in [0.25, 0.3) is 0 Å². The highest BCUT2D eigenvalue weighted by atomic mass is 16.5. The van der Waals surface area contributed by atoms with Gasteiger partial charge in [-0.2, -0.15) is 0 Å². The third kappa shape index (κ3) is 8.82. The molecule has 170 valence electrons. The molecule has 7 heteroatoms. The summed E-state index contributed by atoms with van der Waals surface area (Å²) >= 11 is 0. The molecule has 0 fully saturated rings. The maximum atomic E-state index is 11.8. The number of aromatic nitrogens is 2. The number of ether oxygens (including phenoxy) is 3. The summed E-state index contributed by atoms with van der Waals surface area (Å²) in [6.45, 7) is 1.63. The zero-order valence-electron chi connectivity index (χ0n) is 19.0. The highest BCUT2D eigenvalue weighted by molar-refractivity contribution is 5.96. The van der Waals surface area contributed by atoms with Crippen LogP contribution in [0.3, 0.4) is 0 Å². The number of aryl methyl sites for hydroxylation is 2. The van der Waals surface area contributed by atoms with Gasteiger partial charge in [-0.25, -0.2) is 18.7 Å². The molecule has 7 nitrogen and oxygen atoms in total. The van der Waals surface area contributed by atoms with Crippen LogP contribution in [0.2, 0.25) is 0 Å². The zero-order valence-corrected chi connectivity index (χ0v) is 19.0. The molecule has 0 amide bonds. The van der Waals surface area contributed by atoms with Crippen molar-refractivity contribution in [1.82, 2.24) is 4.57 Å². The molecule has 0 unspecified atom stereocenters. The molecule has 1 aromatic heterocycles. The van der Waals surface area contributed by atoms with Gasteiger partial charge in [0.2, 0.25) is 6.33 Å². The molecule has 0 radical (unpaired) electrons. The first-order chi connectivity index (χ1) is 15.0. The van der Waals surface area contributed by atoms with E-state index in [9.17, 15) is 9.59 Å². The van der Waals surface area contributed by atoms with E-state index in [0.29, 0.717) is 12.4 Å². The third-order valence-electron chi connectivity index (χ3n) is 5.15. The van der Waals surface area contributed by atoms with Crippen LogP contribution in [0, 0.1) is 0 Å². The molecule has 2 rings (SSSR count). The first-order valence-electron chi connectivity index (χ1n) is 11.0. The lowest BCUT2D eigenvalue weighted by atomic mass is 10.1. The monoisotopic (exact) mass is 431 g/mol. The fraction of sp³-hybridized carbons (Fsp3) is 0.542. The lowest BCUT2D eigenvalue weighted by Crippen LogP contribution is -2.23. The van der Waals surface area contributed by atoms with Gasteiger partial charge in [-0.3, -0.25) is 0 Å². The fourth-order valence-electron chi connectivity index (χ4n) is 3.43. The number of methoxy groups -OCH3 is 2.